The maximum Gasteiger partial charge on any atom is 0.324 e. The van der Waals surface area contributed by atoms with Crippen molar-refractivity contribution in [3.63, 3.8) is 0 Å². The number of fused-ring (bicyclic) bond motifs is 2. The fourth-order valence-corrected chi connectivity index (χ4v) is 4.21. The van der Waals surface area contributed by atoms with Gasteiger partial charge in [0.2, 0.25) is 0 Å². The highest BCUT2D eigenvalue weighted by Gasteiger charge is 2.56. The maximum atomic E-state index is 12.0. The Morgan fingerprint density at radius 3 is 2.75 bits per heavy atom. The first kappa shape index (κ1) is 13.7. The summed E-state index contributed by atoms with van der Waals surface area (Å²) in [6.07, 6.45) is 4.45. The van der Waals surface area contributed by atoms with E-state index in [9.17, 15) is 9.90 Å². The Labute approximate surface area is 120 Å². The summed E-state index contributed by atoms with van der Waals surface area (Å²) in [7, 11) is 2.03. The molecule has 0 amide bonds. The normalized spacial score (nSPS) is 30.1. The Morgan fingerprint density at radius 1 is 1.45 bits per heavy atom. The van der Waals surface area contributed by atoms with Gasteiger partial charge >= 0.3 is 5.97 Å². The molecule has 1 N–H and O–H groups in total. The minimum absolute atomic E-state index is 0.0293. The quantitative estimate of drug-likeness (QED) is 0.857. The molecule has 4 heteroatoms. The number of rotatable bonds is 1. The van der Waals surface area contributed by atoms with Crippen molar-refractivity contribution in [2.75, 3.05) is 6.54 Å². The molecule has 0 unspecified atom stereocenters. The Bertz CT molecular complexity index is 555. The fourth-order valence-electron chi connectivity index (χ4n) is 4.21. The molecule has 2 atom stereocenters. The van der Waals surface area contributed by atoms with Gasteiger partial charge in [0, 0.05) is 31.4 Å². The zero-order valence-electron chi connectivity index (χ0n) is 12.8. The molecule has 1 fully saturated rings. The summed E-state index contributed by atoms with van der Waals surface area (Å²) < 4.78 is 2.11. The topological polar surface area (TPSA) is 45.5 Å². The number of carboxylic acid groups (broad SMARTS) is 1. The second kappa shape index (κ2) is 4.10. The van der Waals surface area contributed by atoms with E-state index in [1.54, 1.807) is 0 Å². The molecule has 0 radical (unpaired) electrons. The predicted octanol–water partition coefficient (Wildman–Crippen LogP) is 2.59. The second-order valence-corrected chi connectivity index (χ2v) is 7.41. The molecular weight excluding hydrogens is 252 g/mol. The van der Waals surface area contributed by atoms with Gasteiger partial charge in [-0.1, -0.05) is 20.8 Å². The molecular formula is C16H24N2O2. The first-order valence-electron chi connectivity index (χ1n) is 7.41. The molecule has 110 valence electrons. The largest absolute Gasteiger partial charge is 0.480 e. The minimum atomic E-state index is -0.697. The molecule has 0 saturated carbocycles. The van der Waals surface area contributed by atoms with Crippen LogP contribution in [-0.2, 0) is 18.3 Å². The highest BCUT2D eigenvalue weighted by atomic mass is 16.4. The number of nitrogens with zero attached hydrogens (tertiary/aromatic N) is 2. The van der Waals surface area contributed by atoms with Crippen molar-refractivity contribution in [2.24, 2.45) is 12.5 Å². The second-order valence-electron chi connectivity index (χ2n) is 7.41. The predicted molar refractivity (Wildman–Crippen MR) is 77.6 cm³/mol. The van der Waals surface area contributed by atoms with Gasteiger partial charge in [-0.15, -0.1) is 0 Å². The molecule has 2 aliphatic rings. The standard InChI is InChI=1S/C16H24N2O2/c1-15(2,3)13-11-6-9-17(4)12(11)10-16(14(19)20)7-5-8-18(13)16/h6,9,13H,5,7-8,10H2,1-4H3,(H,19,20)/t13-,16+/m0/s1. The van der Waals surface area contributed by atoms with Gasteiger partial charge in [0.05, 0.1) is 0 Å². The number of carboxylic acids is 1. The van der Waals surface area contributed by atoms with E-state index in [4.69, 9.17) is 0 Å². The third kappa shape index (κ3) is 1.67. The number of aryl methyl sites for hydroxylation is 1. The van der Waals surface area contributed by atoms with Gasteiger partial charge in [0.15, 0.2) is 0 Å². The molecule has 1 saturated heterocycles. The number of hydrogen-bond acceptors (Lipinski definition) is 2. The average Bonchev–Trinajstić information content (AvgIpc) is 2.90. The highest BCUT2D eigenvalue weighted by Crippen LogP contribution is 2.51. The van der Waals surface area contributed by atoms with E-state index in [1.807, 2.05) is 7.05 Å². The Morgan fingerprint density at radius 2 is 2.15 bits per heavy atom. The lowest BCUT2D eigenvalue weighted by Gasteiger charge is -2.49. The van der Waals surface area contributed by atoms with Crippen molar-refractivity contribution in [3.8, 4) is 0 Å². The van der Waals surface area contributed by atoms with Crippen LogP contribution >= 0.6 is 0 Å². The van der Waals surface area contributed by atoms with Crippen LogP contribution in [0.3, 0.4) is 0 Å². The van der Waals surface area contributed by atoms with Gasteiger partial charge < -0.3 is 9.67 Å². The molecule has 20 heavy (non-hydrogen) atoms. The first-order valence-corrected chi connectivity index (χ1v) is 7.41. The third-order valence-electron chi connectivity index (χ3n) is 5.06. The van der Waals surface area contributed by atoms with Crippen LogP contribution in [0.1, 0.15) is 50.9 Å². The lowest BCUT2D eigenvalue weighted by molar-refractivity contribution is -0.154. The molecule has 0 spiro atoms. The molecule has 1 aromatic heterocycles. The van der Waals surface area contributed by atoms with E-state index in [2.05, 4.69) is 42.5 Å². The lowest BCUT2D eigenvalue weighted by Crippen LogP contribution is -2.58. The summed E-state index contributed by atoms with van der Waals surface area (Å²) in [5.74, 6) is -0.656. The van der Waals surface area contributed by atoms with E-state index in [0.717, 1.165) is 19.4 Å². The van der Waals surface area contributed by atoms with Crippen LogP contribution in [0.5, 0.6) is 0 Å². The Kier molecular flexibility index (Phi) is 2.81. The van der Waals surface area contributed by atoms with Gasteiger partial charge in [0.25, 0.3) is 0 Å². The molecule has 3 heterocycles. The summed E-state index contributed by atoms with van der Waals surface area (Å²) in [5, 5.41) is 9.89. The van der Waals surface area contributed by atoms with Crippen molar-refractivity contribution in [2.45, 2.75) is 51.6 Å². The zero-order chi connectivity index (χ0) is 14.7. The maximum absolute atomic E-state index is 12.0. The van der Waals surface area contributed by atoms with E-state index >= 15 is 0 Å². The lowest BCUT2D eigenvalue weighted by atomic mass is 9.74. The molecule has 4 nitrogen and oxygen atoms in total. The molecule has 0 bridgehead atoms. The van der Waals surface area contributed by atoms with Crippen molar-refractivity contribution in [1.29, 1.82) is 0 Å². The average molecular weight is 276 g/mol. The molecule has 1 aromatic rings. The molecule has 0 aliphatic carbocycles. The molecule has 3 rings (SSSR count). The van der Waals surface area contributed by atoms with Crippen LogP contribution in [0.4, 0.5) is 0 Å². The Hall–Kier alpha value is -1.29. The summed E-state index contributed by atoms with van der Waals surface area (Å²) in [5.41, 5.74) is 1.85. The van der Waals surface area contributed by atoms with Gasteiger partial charge in [0.1, 0.15) is 5.54 Å². The smallest absolute Gasteiger partial charge is 0.324 e. The monoisotopic (exact) mass is 276 g/mol. The Balaban J connectivity index is 2.20. The number of hydrogen-bond donors (Lipinski definition) is 1. The highest BCUT2D eigenvalue weighted by molar-refractivity contribution is 5.80. The molecule has 0 aromatic carbocycles. The van der Waals surface area contributed by atoms with E-state index in [1.165, 1.54) is 11.3 Å². The van der Waals surface area contributed by atoms with Crippen LogP contribution in [0.15, 0.2) is 12.3 Å². The van der Waals surface area contributed by atoms with E-state index in [-0.39, 0.29) is 11.5 Å². The van der Waals surface area contributed by atoms with E-state index < -0.39 is 11.5 Å². The van der Waals surface area contributed by atoms with Crippen LogP contribution in [0, 0.1) is 5.41 Å². The summed E-state index contributed by atoms with van der Waals surface area (Å²) in [6, 6.07) is 2.36. The van der Waals surface area contributed by atoms with Gasteiger partial charge in [-0.2, -0.15) is 0 Å². The van der Waals surface area contributed by atoms with Crippen LogP contribution in [-0.4, -0.2) is 32.6 Å². The number of aromatic nitrogens is 1. The summed E-state index contributed by atoms with van der Waals surface area (Å²) >= 11 is 0. The zero-order valence-corrected chi connectivity index (χ0v) is 12.8. The number of aliphatic carboxylic acids is 1. The van der Waals surface area contributed by atoms with E-state index in [0.29, 0.717) is 6.42 Å². The van der Waals surface area contributed by atoms with Crippen molar-refractivity contribution in [1.82, 2.24) is 9.47 Å². The third-order valence-corrected chi connectivity index (χ3v) is 5.06. The fraction of sp³-hybridized carbons (Fsp3) is 0.688. The van der Waals surface area contributed by atoms with Crippen LogP contribution in [0.2, 0.25) is 0 Å². The van der Waals surface area contributed by atoms with Gasteiger partial charge in [-0.05, 0) is 36.4 Å². The van der Waals surface area contributed by atoms with Crippen molar-refractivity contribution >= 4 is 5.97 Å². The van der Waals surface area contributed by atoms with Gasteiger partial charge in [-0.3, -0.25) is 9.69 Å². The van der Waals surface area contributed by atoms with Crippen molar-refractivity contribution < 1.29 is 9.90 Å². The van der Waals surface area contributed by atoms with Gasteiger partial charge in [-0.25, -0.2) is 0 Å². The SMILES string of the molecule is Cn1ccc2c1C[C@@]1(C(=O)O)CCCN1[C@@H]2C(C)(C)C. The summed E-state index contributed by atoms with van der Waals surface area (Å²) in [4.78, 5) is 14.3. The van der Waals surface area contributed by atoms with Crippen molar-refractivity contribution in [3.05, 3.63) is 23.5 Å². The van der Waals surface area contributed by atoms with Crippen LogP contribution in [0.25, 0.3) is 0 Å². The number of carbonyl (C=O) groups is 1. The van der Waals surface area contributed by atoms with Crippen LogP contribution < -0.4 is 0 Å². The minimum Gasteiger partial charge on any atom is -0.480 e. The first-order chi connectivity index (χ1) is 9.27. The summed E-state index contributed by atoms with van der Waals surface area (Å²) in [6.45, 7) is 7.53. The molecule has 2 aliphatic heterocycles.